The Hall–Kier alpha value is -3.95. The van der Waals surface area contributed by atoms with Crippen LogP contribution in [0.1, 0.15) is 30.0 Å². The first-order valence-electron chi connectivity index (χ1n) is 11.5. The first-order valence-corrected chi connectivity index (χ1v) is 12.3. The van der Waals surface area contributed by atoms with Gasteiger partial charge in [0.1, 0.15) is 16.9 Å². The van der Waals surface area contributed by atoms with Crippen LogP contribution in [-0.2, 0) is 4.79 Å². The molecular formula is C29H26N4OS. The highest BCUT2D eigenvalue weighted by molar-refractivity contribution is 8.00. The molecule has 0 saturated carbocycles. The number of thioether (sulfide) groups is 1. The zero-order valence-electron chi connectivity index (χ0n) is 19.9. The summed E-state index contributed by atoms with van der Waals surface area (Å²) in [6, 6.07) is 26.0. The van der Waals surface area contributed by atoms with Gasteiger partial charge in [-0.2, -0.15) is 5.26 Å². The summed E-state index contributed by atoms with van der Waals surface area (Å²) in [5.41, 5.74) is 6.09. The molecule has 0 fully saturated rings. The number of nitrogens with zero attached hydrogens (tertiary/aromatic N) is 3. The highest BCUT2D eigenvalue weighted by atomic mass is 32.2. The minimum atomic E-state index is -0.436. The number of aromatic nitrogens is 2. The van der Waals surface area contributed by atoms with Gasteiger partial charge >= 0.3 is 0 Å². The van der Waals surface area contributed by atoms with E-state index in [9.17, 15) is 10.1 Å². The Bertz CT molecular complexity index is 1380. The molecule has 0 saturated heterocycles. The monoisotopic (exact) mass is 478 g/mol. The highest BCUT2D eigenvalue weighted by Gasteiger charge is 2.23. The van der Waals surface area contributed by atoms with Crippen LogP contribution in [0.15, 0.2) is 84.0 Å². The number of hydrogen-bond donors (Lipinski definition) is 1. The number of aryl methyl sites for hydroxylation is 2. The molecule has 1 N–H and O–H groups in total. The zero-order valence-corrected chi connectivity index (χ0v) is 20.8. The molecule has 4 rings (SSSR count). The third kappa shape index (κ3) is 5.76. The summed E-state index contributed by atoms with van der Waals surface area (Å²) < 4.78 is 0. The van der Waals surface area contributed by atoms with E-state index < -0.39 is 5.25 Å². The number of hydrogen-bond acceptors (Lipinski definition) is 5. The average Bonchev–Trinajstić information content (AvgIpc) is 2.87. The van der Waals surface area contributed by atoms with Gasteiger partial charge in [-0.3, -0.25) is 4.79 Å². The second kappa shape index (κ2) is 11.0. The molecule has 2 heterocycles. The fraction of sp³-hybridized carbons (Fsp3) is 0.172. The van der Waals surface area contributed by atoms with Crippen LogP contribution in [0, 0.1) is 25.2 Å². The molecule has 0 aliphatic carbocycles. The molecule has 4 aromatic rings. The third-order valence-electron chi connectivity index (χ3n) is 5.61. The van der Waals surface area contributed by atoms with E-state index in [0.717, 1.165) is 33.5 Å². The van der Waals surface area contributed by atoms with Crippen molar-refractivity contribution in [2.45, 2.75) is 37.5 Å². The molecule has 1 amide bonds. The van der Waals surface area contributed by atoms with Crippen molar-refractivity contribution in [2.24, 2.45) is 0 Å². The van der Waals surface area contributed by atoms with Gasteiger partial charge in [0.15, 0.2) is 0 Å². The number of nitrogens with one attached hydrogen (secondary N) is 1. The Morgan fingerprint density at radius 2 is 1.74 bits per heavy atom. The van der Waals surface area contributed by atoms with E-state index in [2.05, 4.69) is 16.4 Å². The average molecular weight is 479 g/mol. The van der Waals surface area contributed by atoms with Crippen LogP contribution in [0.2, 0.25) is 0 Å². The fourth-order valence-electron chi connectivity index (χ4n) is 3.70. The Morgan fingerprint density at radius 3 is 2.40 bits per heavy atom. The minimum Gasteiger partial charge on any atom is -0.310 e. The van der Waals surface area contributed by atoms with E-state index in [1.807, 2.05) is 93.6 Å². The smallest absolute Gasteiger partial charge is 0.239 e. The molecule has 0 spiro atoms. The van der Waals surface area contributed by atoms with Crippen LogP contribution in [0.4, 0.5) is 5.82 Å². The van der Waals surface area contributed by atoms with Crippen molar-refractivity contribution in [2.75, 3.05) is 5.32 Å². The maximum atomic E-state index is 13.1. The molecule has 5 nitrogen and oxygen atoms in total. The number of carbonyl (C=O) groups is 1. The number of benzene rings is 2. The molecule has 0 aliphatic heterocycles. The third-order valence-corrected chi connectivity index (χ3v) is 6.96. The lowest BCUT2D eigenvalue weighted by atomic mass is 9.98. The zero-order chi connectivity index (χ0) is 24.8. The summed E-state index contributed by atoms with van der Waals surface area (Å²) >= 11 is 1.32. The number of anilines is 1. The molecule has 174 valence electrons. The number of carbonyl (C=O) groups excluding carboxylic acids is 1. The second-order valence-corrected chi connectivity index (χ2v) is 9.49. The van der Waals surface area contributed by atoms with Crippen LogP contribution >= 0.6 is 11.8 Å². The van der Waals surface area contributed by atoms with Crippen LogP contribution in [0.25, 0.3) is 22.4 Å². The van der Waals surface area contributed by atoms with Crippen molar-refractivity contribution in [3.8, 4) is 28.5 Å². The predicted octanol–water partition coefficient (Wildman–Crippen LogP) is 6.81. The summed E-state index contributed by atoms with van der Waals surface area (Å²) in [7, 11) is 0. The quantitative estimate of drug-likeness (QED) is 0.295. The molecule has 1 atom stereocenters. The largest absolute Gasteiger partial charge is 0.310 e. The minimum absolute atomic E-state index is 0.164. The standard InChI is InChI=1S/C29H26N4OS/c1-4-26(28(34)33-27-16-20(3)14-15-31-27)35-29-24(18-30)23(21-12-10-19(2)11-13-21)17-25(32-29)22-8-6-5-7-9-22/h5-17,26H,4H2,1-3H3,(H,31,33,34). The molecule has 2 aromatic heterocycles. The van der Waals surface area contributed by atoms with Crippen LogP contribution < -0.4 is 5.32 Å². The molecule has 0 radical (unpaired) electrons. The number of pyridine rings is 2. The molecule has 35 heavy (non-hydrogen) atoms. The Kier molecular flexibility index (Phi) is 7.59. The van der Waals surface area contributed by atoms with Crippen LogP contribution in [0.5, 0.6) is 0 Å². The van der Waals surface area contributed by atoms with E-state index in [0.29, 0.717) is 22.8 Å². The first-order chi connectivity index (χ1) is 17.0. The van der Waals surface area contributed by atoms with Gasteiger partial charge in [0, 0.05) is 17.3 Å². The summed E-state index contributed by atoms with van der Waals surface area (Å²) in [6.07, 6.45) is 2.25. The topological polar surface area (TPSA) is 78.7 Å². The molecule has 0 bridgehead atoms. The van der Waals surface area contributed by atoms with Gasteiger partial charge in [-0.1, -0.05) is 78.8 Å². The summed E-state index contributed by atoms with van der Waals surface area (Å²) in [5.74, 6) is 0.351. The van der Waals surface area contributed by atoms with Gasteiger partial charge < -0.3 is 5.32 Å². The normalized spacial score (nSPS) is 11.5. The Morgan fingerprint density at radius 1 is 1.00 bits per heavy atom. The molecule has 2 aromatic carbocycles. The Labute approximate surface area is 210 Å². The fourth-order valence-corrected chi connectivity index (χ4v) is 4.73. The predicted molar refractivity (Wildman–Crippen MR) is 142 cm³/mol. The van der Waals surface area contributed by atoms with E-state index >= 15 is 0 Å². The van der Waals surface area contributed by atoms with Crippen molar-refractivity contribution in [3.63, 3.8) is 0 Å². The van der Waals surface area contributed by atoms with Gasteiger partial charge in [-0.05, 0) is 49.6 Å². The lowest BCUT2D eigenvalue weighted by Crippen LogP contribution is -2.25. The Balaban J connectivity index is 1.76. The first kappa shape index (κ1) is 24.2. The van der Waals surface area contributed by atoms with Crippen LogP contribution in [0.3, 0.4) is 0 Å². The maximum absolute atomic E-state index is 13.1. The van der Waals surface area contributed by atoms with Crippen molar-refractivity contribution >= 4 is 23.5 Å². The van der Waals surface area contributed by atoms with Crippen LogP contribution in [-0.4, -0.2) is 21.1 Å². The van der Waals surface area contributed by atoms with Crippen molar-refractivity contribution in [3.05, 3.63) is 95.7 Å². The molecule has 1 unspecified atom stereocenters. The van der Waals surface area contributed by atoms with Gasteiger partial charge in [-0.15, -0.1) is 0 Å². The van der Waals surface area contributed by atoms with E-state index in [1.165, 1.54) is 11.8 Å². The SMILES string of the molecule is CCC(Sc1nc(-c2ccccc2)cc(-c2ccc(C)cc2)c1C#N)C(=O)Nc1cc(C)ccn1. The lowest BCUT2D eigenvalue weighted by molar-refractivity contribution is -0.115. The second-order valence-electron chi connectivity index (χ2n) is 8.30. The van der Waals surface area contributed by atoms with Gasteiger partial charge in [0.05, 0.1) is 16.5 Å². The molecular weight excluding hydrogens is 452 g/mol. The number of rotatable bonds is 7. The number of amides is 1. The number of nitriles is 1. The van der Waals surface area contributed by atoms with Gasteiger partial charge in [0.2, 0.25) is 5.91 Å². The lowest BCUT2D eigenvalue weighted by Gasteiger charge is -2.17. The van der Waals surface area contributed by atoms with Gasteiger partial charge in [-0.25, -0.2) is 9.97 Å². The maximum Gasteiger partial charge on any atom is 0.239 e. The summed E-state index contributed by atoms with van der Waals surface area (Å²) in [4.78, 5) is 22.2. The molecule has 0 aliphatic rings. The summed E-state index contributed by atoms with van der Waals surface area (Å²) in [6.45, 7) is 5.94. The summed E-state index contributed by atoms with van der Waals surface area (Å²) in [5, 5.41) is 13.2. The van der Waals surface area contributed by atoms with E-state index in [-0.39, 0.29) is 5.91 Å². The van der Waals surface area contributed by atoms with E-state index in [1.54, 1.807) is 6.20 Å². The van der Waals surface area contributed by atoms with E-state index in [4.69, 9.17) is 4.98 Å². The molecule has 6 heteroatoms. The van der Waals surface area contributed by atoms with Gasteiger partial charge in [0.25, 0.3) is 0 Å². The van der Waals surface area contributed by atoms with Crippen molar-refractivity contribution in [1.29, 1.82) is 5.26 Å². The highest BCUT2D eigenvalue weighted by Crippen LogP contribution is 2.36. The van der Waals surface area contributed by atoms with Crippen molar-refractivity contribution in [1.82, 2.24) is 9.97 Å². The van der Waals surface area contributed by atoms with Crippen molar-refractivity contribution < 1.29 is 4.79 Å².